The van der Waals surface area contributed by atoms with Crippen molar-refractivity contribution in [3.8, 4) is 0 Å². The first kappa shape index (κ1) is 14.6. The Morgan fingerprint density at radius 3 is 2.45 bits per heavy atom. The second-order valence-electron chi connectivity index (χ2n) is 4.88. The predicted octanol–water partition coefficient (Wildman–Crippen LogP) is 3.83. The minimum absolute atomic E-state index is 0.0580. The molecule has 0 saturated carbocycles. The molecule has 0 aliphatic rings. The summed E-state index contributed by atoms with van der Waals surface area (Å²) in [5, 5.41) is 2.98. The van der Waals surface area contributed by atoms with E-state index >= 15 is 0 Å². The fourth-order valence-corrected chi connectivity index (χ4v) is 2.32. The minimum Gasteiger partial charge on any atom is -0.399 e. The number of halogens is 1. The third kappa shape index (κ3) is 3.61. The van der Waals surface area contributed by atoms with Gasteiger partial charge in [-0.2, -0.15) is 0 Å². The summed E-state index contributed by atoms with van der Waals surface area (Å²) in [6.07, 6.45) is 0. The van der Waals surface area contributed by atoms with Gasteiger partial charge >= 0.3 is 0 Å². The summed E-state index contributed by atoms with van der Waals surface area (Å²) in [7, 11) is 0. The van der Waals surface area contributed by atoms with E-state index in [-0.39, 0.29) is 11.9 Å². The van der Waals surface area contributed by atoms with E-state index in [9.17, 15) is 4.79 Å². The standard InChI is InChI=1S/C16H17BrN2O/c1-10-7-13(9-15(18)8-10)16(20)19-11(2)12-3-5-14(17)6-4-12/h3-9,11H,18H2,1-2H3,(H,19,20)/t11-/m0/s1. The van der Waals surface area contributed by atoms with Gasteiger partial charge in [0.1, 0.15) is 0 Å². The van der Waals surface area contributed by atoms with E-state index in [4.69, 9.17) is 5.73 Å². The van der Waals surface area contributed by atoms with Gasteiger partial charge in [-0.05, 0) is 55.3 Å². The lowest BCUT2D eigenvalue weighted by atomic mass is 10.1. The monoisotopic (exact) mass is 332 g/mol. The van der Waals surface area contributed by atoms with Gasteiger partial charge in [0.15, 0.2) is 0 Å². The maximum atomic E-state index is 12.2. The molecule has 20 heavy (non-hydrogen) atoms. The van der Waals surface area contributed by atoms with Gasteiger partial charge in [-0.15, -0.1) is 0 Å². The zero-order chi connectivity index (χ0) is 14.7. The molecule has 1 amide bonds. The molecule has 0 aliphatic heterocycles. The van der Waals surface area contributed by atoms with Crippen LogP contribution in [0.2, 0.25) is 0 Å². The van der Waals surface area contributed by atoms with Gasteiger partial charge < -0.3 is 11.1 Å². The summed E-state index contributed by atoms with van der Waals surface area (Å²) in [6.45, 7) is 3.88. The van der Waals surface area contributed by atoms with Crippen LogP contribution in [0.25, 0.3) is 0 Å². The number of nitrogens with two attached hydrogens (primary N) is 1. The number of rotatable bonds is 3. The lowest BCUT2D eigenvalue weighted by molar-refractivity contribution is 0.0940. The molecule has 2 aromatic rings. The third-order valence-corrected chi connectivity index (χ3v) is 3.61. The highest BCUT2D eigenvalue weighted by Gasteiger charge is 2.12. The van der Waals surface area contributed by atoms with Crippen molar-refractivity contribution in [3.63, 3.8) is 0 Å². The van der Waals surface area contributed by atoms with E-state index in [0.29, 0.717) is 11.3 Å². The molecule has 1 atom stereocenters. The molecule has 4 heteroatoms. The van der Waals surface area contributed by atoms with Crippen molar-refractivity contribution < 1.29 is 4.79 Å². The van der Waals surface area contributed by atoms with Crippen molar-refractivity contribution >= 4 is 27.5 Å². The first-order chi connectivity index (χ1) is 9.45. The number of nitrogens with one attached hydrogen (secondary N) is 1. The SMILES string of the molecule is Cc1cc(N)cc(C(=O)N[C@@H](C)c2ccc(Br)cc2)c1. The number of hydrogen-bond donors (Lipinski definition) is 2. The highest BCUT2D eigenvalue weighted by Crippen LogP contribution is 2.18. The number of benzene rings is 2. The Morgan fingerprint density at radius 2 is 1.85 bits per heavy atom. The molecular weight excluding hydrogens is 316 g/mol. The molecule has 0 radical (unpaired) electrons. The molecule has 0 heterocycles. The molecular formula is C16H17BrN2O. The van der Waals surface area contributed by atoms with Crippen LogP contribution in [-0.2, 0) is 0 Å². The molecule has 0 saturated heterocycles. The summed E-state index contributed by atoms with van der Waals surface area (Å²) in [5.41, 5.74) is 9.00. The zero-order valence-electron chi connectivity index (χ0n) is 11.5. The fraction of sp³-hybridized carbons (Fsp3) is 0.188. The third-order valence-electron chi connectivity index (χ3n) is 3.08. The van der Waals surface area contributed by atoms with Crippen LogP contribution in [0.15, 0.2) is 46.9 Å². The molecule has 0 aliphatic carbocycles. The van der Waals surface area contributed by atoms with Crippen LogP contribution in [0.4, 0.5) is 5.69 Å². The van der Waals surface area contributed by atoms with Crippen LogP contribution in [0.1, 0.15) is 34.5 Å². The Bertz CT molecular complexity index is 603. The van der Waals surface area contributed by atoms with E-state index in [1.807, 2.05) is 50.2 Å². The second kappa shape index (κ2) is 6.09. The maximum absolute atomic E-state index is 12.2. The summed E-state index contributed by atoms with van der Waals surface area (Å²) < 4.78 is 1.02. The zero-order valence-corrected chi connectivity index (χ0v) is 13.1. The first-order valence-electron chi connectivity index (χ1n) is 6.39. The Morgan fingerprint density at radius 1 is 1.20 bits per heavy atom. The minimum atomic E-state index is -0.115. The van der Waals surface area contributed by atoms with Gasteiger partial charge in [-0.3, -0.25) is 4.79 Å². The number of hydrogen-bond acceptors (Lipinski definition) is 2. The van der Waals surface area contributed by atoms with E-state index in [0.717, 1.165) is 15.6 Å². The van der Waals surface area contributed by atoms with Crippen molar-refractivity contribution in [3.05, 3.63) is 63.6 Å². The van der Waals surface area contributed by atoms with Crippen LogP contribution in [-0.4, -0.2) is 5.91 Å². The van der Waals surface area contributed by atoms with E-state index in [1.54, 1.807) is 6.07 Å². The summed E-state index contributed by atoms with van der Waals surface area (Å²) in [5.74, 6) is -0.115. The molecule has 0 aromatic heterocycles. The summed E-state index contributed by atoms with van der Waals surface area (Å²) in [4.78, 5) is 12.2. The fourth-order valence-electron chi connectivity index (χ4n) is 2.06. The normalized spacial score (nSPS) is 11.9. The lowest BCUT2D eigenvalue weighted by Crippen LogP contribution is -2.26. The van der Waals surface area contributed by atoms with Gasteiger partial charge in [0, 0.05) is 15.7 Å². The number of anilines is 1. The molecule has 2 aromatic carbocycles. The Balaban J connectivity index is 2.12. The lowest BCUT2D eigenvalue weighted by Gasteiger charge is -2.15. The average molecular weight is 333 g/mol. The van der Waals surface area contributed by atoms with Crippen molar-refractivity contribution in [2.75, 3.05) is 5.73 Å². The molecule has 0 spiro atoms. The van der Waals surface area contributed by atoms with Crippen LogP contribution in [0.3, 0.4) is 0 Å². The molecule has 104 valence electrons. The van der Waals surface area contributed by atoms with Gasteiger partial charge in [0.05, 0.1) is 6.04 Å². The molecule has 0 bridgehead atoms. The molecule has 3 N–H and O–H groups in total. The smallest absolute Gasteiger partial charge is 0.251 e. The van der Waals surface area contributed by atoms with Gasteiger partial charge in [-0.1, -0.05) is 28.1 Å². The van der Waals surface area contributed by atoms with Crippen LogP contribution >= 0.6 is 15.9 Å². The van der Waals surface area contributed by atoms with E-state index in [1.165, 1.54) is 0 Å². The van der Waals surface area contributed by atoms with E-state index < -0.39 is 0 Å². The quantitative estimate of drug-likeness (QED) is 0.839. The van der Waals surface area contributed by atoms with Crippen LogP contribution < -0.4 is 11.1 Å². The number of aryl methyl sites for hydroxylation is 1. The Hall–Kier alpha value is -1.81. The highest BCUT2D eigenvalue weighted by molar-refractivity contribution is 9.10. The molecule has 0 fully saturated rings. The van der Waals surface area contributed by atoms with Crippen LogP contribution in [0.5, 0.6) is 0 Å². The Kier molecular flexibility index (Phi) is 4.45. The van der Waals surface area contributed by atoms with Crippen molar-refractivity contribution in [2.24, 2.45) is 0 Å². The second-order valence-corrected chi connectivity index (χ2v) is 5.79. The molecule has 0 unspecified atom stereocenters. The molecule has 3 nitrogen and oxygen atoms in total. The number of nitrogen functional groups attached to an aromatic ring is 1. The van der Waals surface area contributed by atoms with Crippen LogP contribution in [0, 0.1) is 6.92 Å². The largest absolute Gasteiger partial charge is 0.399 e. The predicted molar refractivity (Wildman–Crippen MR) is 85.6 cm³/mol. The Labute approximate surface area is 127 Å². The van der Waals surface area contributed by atoms with Gasteiger partial charge in [0.25, 0.3) is 5.91 Å². The number of carbonyl (C=O) groups excluding carboxylic acids is 1. The van der Waals surface area contributed by atoms with Crippen molar-refractivity contribution in [1.29, 1.82) is 0 Å². The van der Waals surface area contributed by atoms with Crippen molar-refractivity contribution in [1.82, 2.24) is 5.32 Å². The number of amides is 1. The topological polar surface area (TPSA) is 55.1 Å². The van der Waals surface area contributed by atoms with Crippen molar-refractivity contribution in [2.45, 2.75) is 19.9 Å². The maximum Gasteiger partial charge on any atom is 0.251 e. The van der Waals surface area contributed by atoms with E-state index in [2.05, 4.69) is 21.2 Å². The average Bonchev–Trinajstić information content (AvgIpc) is 2.38. The first-order valence-corrected chi connectivity index (χ1v) is 7.18. The summed E-state index contributed by atoms with van der Waals surface area (Å²) in [6, 6.07) is 13.2. The van der Waals surface area contributed by atoms with Gasteiger partial charge in [0.2, 0.25) is 0 Å². The molecule has 2 rings (SSSR count). The number of carbonyl (C=O) groups is 1. The van der Waals surface area contributed by atoms with Gasteiger partial charge in [-0.25, -0.2) is 0 Å². The summed E-state index contributed by atoms with van der Waals surface area (Å²) >= 11 is 3.40. The highest BCUT2D eigenvalue weighted by atomic mass is 79.9.